The number of alkyl carbamates (subject to hydrolysis) is 1. The van der Waals surface area contributed by atoms with Crippen LogP contribution in [0.1, 0.15) is 30.7 Å². The number of amides is 1. The summed E-state index contributed by atoms with van der Waals surface area (Å²) in [7, 11) is -4.72. The van der Waals surface area contributed by atoms with Gasteiger partial charge in [0.1, 0.15) is 11.4 Å². The molecule has 0 unspecified atom stereocenters. The van der Waals surface area contributed by atoms with Crippen molar-refractivity contribution in [3.63, 3.8) is 0 Å². The van der Waals surface area contributed by atoms with Crippen LogP contribution >= 0.6 is 0 Å². The van der Waals surface area contributed by atoms with E-state index in [1.54, 1.807) is 0 Å². The number of anilines is 1. The largest absolute Gasteiger partial charge is 0.451 e. The molecule has 1 aromatic carbocycles. The van der Waals surface area contributed by atoms with Crippen LogP contribution in [0.15, 0.2) is 41.4 Å². The Kier molecular flexibility index (Phi) is 6.47. The number of rotatable bonds is 5. The lowest BCUT2D eigenvalue weighted by molar-refractivity contribution is -0.145. The van der Waals surface area contributed by atoms with Crippen LogP contribution in [0.2, 0.25) is 0 Å². The van der Waals surface area contributed by atoms with Crippen LogP contribution in [0.3, 0.4) is 0 Å². The number of carbonyl (C=O) groups excluding carboxylic acids is 1. The number of sulfone groups is 1. The highest BCUT2D eigenvalue weighted by Crippen LogP contribution is 2.39. The molecule has 1 amide bonds. The van der Waals surface area contributed by atoms with Crippen LogP contribution in [-0.4, -0.2) is 48.0 Å². The standard InChI is InChI=1S/C21H17F6N5O4S/c22-20(23,24)13-3-1-2-4-14(13)37(34,35)12-9-16(36-18(33)31-19(11-28)6-7-19)32(10-12)15-5-8-29-17(30-15)21(25,26)27/h1-5,8,12,16H,6-7,9-10H2,(H,31,33)/t12-,16+/m1/s1. The molecule has 1 saturated heterocycles. The third kappa shape index (κ3) is 5.41. The Morgan fingerprint density at radius 3 is 2.41 bits per heavy atom. The van der Waals surface area contributed by atoms with Gasteiger partial charge < -0.3 is 15.0 Å². The van der Waals surface area contributed by atoms with E-state index >= 15 is 0 Å². The molecule has 1 N–H and O–H groups in total. The Morgan fingerprint density at radius 1 is 1.14 bits per heavy atom. The SMILES string of the molecule is N#CC1(NC(=O)O[C@H]2C[C@@H](S(=O)(=O)c3ccccc3C(F)(F)F)CN2c2ccnc(C(F)(F)F)n2)CC1. The van der Waals surface area contributed by atoms with Crippen LogP contribution in [0.4, 0.5) is 37.0 Å². The molecule has 1 aromatic heterocycles. The maximum Gasteiger partial charge on any atom is 0.451 e. The molecule has 1 saturated carbocycles. The Labute approximate surface area is 206 Å². The van der Waals surface area contributed by atoms with Crippen LogP contribution in [0.25, 0.3) is 0 Å². The van der Waals surface area contributed by atoms with Gasteiger partial charge in [0.05, 0.1) is 21.8 Å². The molecule has 1 aliphatic carbocycles. The van der Waals surface area contributed by atoms with E-state index in [0.717, 1.165) is 35.4 Å². The van der Waals surface area contributed by atoms with Crippen molar-refractivity contribution in [2.45, 2.75) is 53.5 Å². The molecule has 4 rings (SSSR count). The molecule has 198 valence electrons. The zero-order chi connectivity index (χ0) is 27.2. The normalized spacial score (nSPS) is 21.3. The fraction of sp³-hybridized carbons (Fsp3) is 0.429. The number of aromatic nitrogens is 2. The predicted molar refractivity (Wildman–Crippen MR) is 112 cm³/mol. The summed E-state index contributed by atoms with van der Waals surface area (Å²) in [6, 6.07) is 6.38. The highest BCUT2D eigenvalue weighted by atomic mass is 32.2. The molecule has 0 bridgehead atoms. The minimum atomic E-state index is -5.00. The fourth-order valence-electron chi connectivity index (χ4n) is 3.85. The minimum absolute atomic E-state index is 0.332. The van der Waals surface area contributed by atoms with Gasteiger partial charge in [-0.2, -0.15) is 31.6 Å². The van der Waals surface area contributed by atoms with E-state index in [1.165, 1.54) is 0 Å². The monoisotopic (exact) mass is 549 g/mol. The van der Waals surface area contributed by atoms with Crippen molar-refractivity contribution in [3.05, 3.63) is 47.9 Å². The van der Waals surface area contributed by atoms with Gasteiger partial charge in [-0.1, -0.05) is 12.1 Å². The number of carbonyl (C=O) groups is 1. The zero-order valence-electron chi connectivity index (χ0n) is 18.5. The van der Waals surface area contributed by atoms with E-state index in [2.05, 4.69) is 15.3 Å². The second kappa shape index (κ2) is 9.05. The molecule has 37 heavy (non-hydrogen) atoms. The lowest BCUT2D eigenvalue weighted by Crippen LogP contribution is -2.42. The molecular weight excluding hydrogens is 532 g/mol. The zero-order valence-corrected chi connectivity index (χ0v) is 19.4. The average Bonchev–Trinajstić information content (AvgIpc) is 3.46. The first kappa shape index (κ1) is 26.5. The maximum absolute atomic E-state index is 13.5. The van der Waals surface area contributed by atoms with Crippen molar-refractivity contribution in [2.24, 2.45) is 0 Å². The van der Waals surface area contributed by atoms with Gasteiger partial charge in [-0.15, -0.1) is 0 Å². The van der Waals surface area contributed by atoms with Crippen LogP contribution in [-0.2, 0) is 26.9 Å². The summed E-state index contributed by atoms with van der Waals surface area (Å²) in [6.45, 7) is -0.635. The second-order valence-electron chi connectivity index (χ2n) is 8.46. The quantitative estimate of drug-likeness (QED) is 0.560. The van der Waals surface area contributed by atoms with Crippen LogP contribution < -0.4 is 10.2 Å². The van der Waals surface area contributed by atoms with Crippen molar-refractivity contribution < 1.29 is 44.3 Å². The van der Waals surface area contributed by atoms with Gasteiger partial charge in [0, 0.05) is 19.2 Å². The first-order valence-corrected chi connectivity index (χ1v) is 12.2. The van der Waals surface area contributed by atoms with Gasteiger partial charge in [0.25, 0.3) is 0 Å². The maximum atomic E-state index is 13.5. The van der Waals surface area contributed by atoms with Gasteiger partial charge in [0.15, 0.2) is 16.1 Å². The highest BCUT2D eigenvalue weighted by molar-refractivity contribution is 7.92. The Balaban J connectivity index is 1.69. The highest BCUT2D eigenvalue weighted by Gasteiger charge is 2.49. The lowest BCUT2D eigenvalue weighted by Gasteiger charge is -2.26. The summed E-state index contributed by atoms with van der Waals surface area (Å²) in [5.41, 5.74) is -2.58. The van der Waals surface area contributed by atoms with E-state index in [9.17, 15) is 39.6 Å². The number of halogens is 6. The van der Waals surface area contributed by atoms with Crippen molar-refractivity contribution in [2.75, 3.05) is 11.4 Å². The van der Waals surface area contributed by atoms with Crippen LogP contribution in [0, 0.1) is 11.3 Å². The van der Waals surface area contributed by atoms with Crippen molar-refractivity contribution in [3.8, 4) is 6.07 Å². The van der Waals surface area contributed by atoms with E-state index in [1.807, 2.05) is 6.07 Å². The number of alkyl halides is 6. The number of ether oxygens (including phenoxy) is 1. The summed E-state index contributed by atoms with van der Waals surface area (Å²) in [5.74, 6) is -2.01. The first-order chi connectivity index (χ1) is 17.2. The number of hydrogen-bond donors (Lipinski definition) is 1. The number of nitriles is 1. The summed E-state index contributed by atoms with van der Waals surface area (Å²) >= 11 is 0. The topological polar surface area (TPSA) is 125 Å². The van der Waals surface area contributed by atoms with Gasteiger partial charge in [-0.05, 0) is 31.0 Å². The van der Waals surface area contributed by atoms with E-state index < -0.39 is 80.4 Å². The molecule has 1 aliphatic heterocycles. The van der Waals surface area contributed by atoms with E-state index in [-0.39, 0.29) is 0 Å². The van der Waals surface area contributed by atoms with Crippen molar-refractivity contribution in [1.82, 2.24) is 15.3 Å². The summed E-state index contributed by atoms with van der Waals surface area (Å²) in [6.07, 6.45) is -11.8. The molecule has 2 aromatic rings. The van der Waals surface area contributed by atoms with Crippen molar-refractivity contribution in [1.29, 1.82) is 5.26 Å². The lowest BCUT2D eigenvalue weighted by atomic mass is 10.2. The fourth-order valence-corrected chi connectivity index (χ4v) is 5.75. The van der Waals surface area contributed by atoms with Crippen LogP contribution in [0.5, 0.6) is 0 Å². The predicted octanol–water partition coefficient (Wildman–Crippen LogP) is 3.68. The number of nitrogens with one attached hydrogen (secondary N) is 1. The summed E-state index contributed by atoms with van der Waals surface area (Å²) in [5, 5.41) is 9.84. The van der Waals surface area contributed by atoms with Gasteiger partial charge in [0.2, 0.25) is 5.82 Å². The molecular formula is C21H17F6N5O4S. The molecule has 0 spiro atoms. The van der Waals surface area contributed by atoms with Crippen molar-refractivity contribution >= 4 is 21.7 Å². The molecule has 2 atom stereocenters. The smallest absolute Gasteiger partial charge is 0.425 e. The summed E-state index contributed by atoms with van der Waals surface area (Å²) in [4.78, 5) is 18.8. The molecule has 2 heterocycles. The third-order valence-corrected chi connectivity index (χ3v) is 8.08. The molecule has 2 aliphatic rings. The first-order valence-electron chi connectivity index (χ1n) is 10.6. The van der Waals surface area contributed by atoms with E-state index in [0.29, 0.717) is 18.9 Å². The van der Waals surface area contributed by atoms with Gasteiger partial charge in [-0.25, -0.2) is 23.2 Å². The Bertz CT molecular complexity index is 1350. The van der Waals surface area contributed by atoms with Gasteiger partial charge >= 0.3 is 18.4 Å². The third-order valence-electron chi connectivity index (χ3n) is 5.89. The molecule has 0 radical (unpaired) electrons. The second-order valence-corrected chi connectivity index (χ2v) is 10.7. The number of benzene rings is 1. The number of hydrogen-bond acceptors (Lipinski definition) is 8. The number of nitrogens with zero attached hydrogens (tertiary/aromatic N) is 4. The molecule has 2 fully saturated rings. The average molecular weight is 549 g/mol. The molecule has 9 nitrogen and oxygen atoms in total. The minimum Gasteiger partial charge on any atom is -0.425 e. The molecule has 16 heteroatoms. The summed E-state index contributed by atoms with van der Waals surface area (Å²) < 4.78 is 112. The van der Waals surface area contributed by atoms with Gasteiger partial charge in [-0.3, -0.25) is 0 Å². The Hall–Kier alpha value is -3.61. The van der Waals surface area contributed by atoms with E-state index in [4.69, 9.17) is 10.00 Å². The Morgan fingerprint density at radius 2 is 1.81 bits per heavy atom.